The predicted octanol–water partition coefficient (Wildman–Crippen LogP) is 3.13. The second-order valence-corrected chi connectivity index (χ2v) is 15.3. The number of halogens is 2. The number of sulfonamides is 1. The number of nitrogens with zero attached hydrogens (tertiary/aromatic N) is 1. The van der Waals surface area contributed by atoms with Gasteiger partial charge < -0.3 is 52.8 Å². The lowest BCUT2D eigenvalue weighted by Crippen LogP contribution is -2.31. The van der Waals surface area contributed by atoms with E-state index in [-0.39, 0.29) is 36.3 Å². The molecule has 0 fully saturated rings. The molecule has 1 unspecified atom stereocenters. The average Bonchev–Trinajstić information content (AvgIpc) is 3.18. The lowest BCUT2D eigenvalue weighted by Gasteiger charge is -2.33. The van der Waals surface area contributed by atoms with E-state index in [1.807, 2.05) is 19.2 Å². The second kappa shape index (κ2) is 29.2. The van der Waals surface area contributed by atoms with Gasteiger partial charge in [-0.25, -0.2) is 13.1 Å². The SMILES string of the molecule is COCCOCCOCCOCCOCCOCCC(=O)NCCOCCOCCOCCNS(=O)(=O)c1cccc(C2CN(C)Cc3c(Cl)cc(Cl)cc32)c1. The van der Waals surface area contributed by atoms with Gasteiger partial charge in [-0.2, -0.15) is 0 Å². The van der Waals surface area contributed by atoms with E-state index in [4.69, 9.17) is 65.8 Å². The molecule has 0 saturated carbocycles. The van der Waals surface area contributed by atoms with Gasteiger partial charge in [0, 0.05) is 55.7 Å². The third-order valence-corrected chi connectivity index (χ3v) is 10.3. The number of nitrogens with one attached hydrogen (secondary N) is 2. The molecule has 318 valence electrons. The van der Waals surface area contributed by atoms with Crippen molar-refractivity contribution in [1.82, 2.24) is 14.9 Å². The standard InChI is InChI=1S/C38H59Cl2N3O12S/c1-43-29-35(34-27-32(39)28-37(40)36(34)30-43)31-4-3-5-33(26-31)56(45,46)42-8-11-50-16-19-53-18-15-49-10-7-41-38(44)6-9-48-14-17-52-22-23-55-25-24-54-21-20-51-13-12-47-2/h3-5,26-28,35,42H,6-25,29-30H2,1-2H3,(H,41,44). The summed E-state index contributed by atoms with van der Waals surface area (Å²) in [6.07, 6.45) is 0.248. The molecule has 0 saturated heterocycles. The van der Waals surface area contributed by atoms with Gasteiger partial charge in [-0.05, 0) is 48.0 Å². The smallest absolute Gasteiger partial charge is 0.240 e. The van der Waals surface area contributed by atoms with Gasteiger partial charge >= 0.3 is 0 Å². The number of carbonyl (C=O) groups is 1. The Kier molecular flexibility index (Phi) is 25.3. The molecular formula is C38H59Cl2N3O12S. The summed E-state index contributed by atoms with van der Waals surface area (Å²) in [6, 6.07) is 10.6. The molecule has 56 heavy (non-hydrogen) atoms. The molecular weight excluding hydrogens is 793 g/mol. The Morgan fingerprint density at radius 3 is 1.80 bits per heavy atom. The molecule has 1 aliphatic heterocycles. The number of fused-ring (bicyclic) bond motifs is 1. The predicted molar refractivity (Wildman–Crippen MR) is 212 cm³/mol. The van der Waals surface area contributed by atoms with E-state index in [0.29, 0.717) is 135 Å². The Morgan fingerprint density at radius 1 is 0.714 bits per heavy atom. The first kappa shape index (κ1) is 48.4. The average molecular weight is 853 g/mol. The van der Waals surface area contributed by atoms with Crippen molar-refractivity contribution in [2.75, 3.05) is 146 Å². The van der Waals surface area contributed by atoms with Crippen molar-refractivity contribution in [3.63, 3.8) is 0 Å². The summed E-state index contributed by atoms with van der Waals surface area (Å²) in [6.45, 7) is 9.02. The van der Waals surface area contributed by atoms with Crippen LogP contribution in [0.15, 0.2) is 41.3 Å². The maximum absolute atomic E-state index is 13.1. The highest BCUT2D eigenvalue weighted by Crippen LogP contribution is 2.38. The lowest BCUT2D eigenvalue weighted by molar-refractivity contribution is -0.122. The molecule has 1 heterocycles. The number of benzene rings is 2. The molecule has 1 amide bonds. The number of rotatable bonds is 33. The molecule has 2 aromatic carbocycles. The van der Waals surface area contributed by atoms with Gasteiger partial charge in [0.05, 0.1) is 117 Å². The van der Waals surface area contributed by atoms with Crippen LogP contribution in [-0.2, 0) is 64.0 Å². The molecule has 18 heteroatoms. The van der Waals surface area contributed by atoms with Gasteiger partial charge in [0.1, 0.15) is 0 Å². The van der Waals surface area contributed by atoms with Crippen molar-refractivity contribution in [1.29, 1.82) is 0 Å². The molecule has 2 N–H and O–H groups in total. The molecule has 0 spiro atoms. The van der Waals surface area contributed by atoms with Crippen LogP contribution in [0.2, 0.25) is 10.0 Å². The Hall–Kier alpha value is -2.00. The highest BCUT2D eigenvalue weighted by atomic mass is 35.5. The first-order valence-electron chi connectivity index (χ1n) is 18.8. The minimum Gasteiger partial charge on any atom is -0.382 e. The van der Waals surface area contributed by atoms with Crippen LogP contribution in [-0.4, -0.2) is 165 Å². The molecule has 15 nitrogen and oxygen atoms in total. The summed E-state index contributed by atoms with van der Waals surface area (Å²) in [5, 5.41) is 3.94. The molecule has 2 aromatic rings. The summed E-state index contributed by atoms with van der Waals surface area (Å²) in [5.41, 5.74) is 2.89. The zero-order valence-corrected chi connectivity index (χ0v) is 34.9. The van der Waals surface area contributed by atoms with E-state index in [1.54, 1.807) is 31.4 Å². The van der Waals surface area contributed by atoms with Gasteiger partial charge in [0.25, 0.3) is 0 Å². The molecule has 1 aliphatic rings. The van der Waals surface area contributed by atoms with E-state index in [1.165, 1.54) is 0 Å². The zero-order chi connectivity index (χ0) is 40.3. The van der Waals surface area contributed by atoms with Gasteiger partial charge in [0.15, 0.2) is 0 Å². The Morgan fingerprint density at radius 2 is 1.23 bits per heavy atom. The van der Waals surface area contributed by atoms with Crippen molar-refractivity contribution in [2.45, 2.75) is 23.8 Å². The van der Waals surface area contributed by atoms with Crippen LogP contribution in [0.5, 0.6) is 0 Å². The molecule has 0 aromatic heterocycles. The van der Waals surface area contributed by atoms with Crippen LogP contribution < -0.4 is 10.0 Å². The fourth-order valence-electron chi connectivity index (χ4n) is 5.54. The van der Waals surface area contributed by atoms with Crippen LogP contribution >= 0.6 is 23.2 Å². The van der Waals surface area contributed by atoms with E-state index in [9.17, 15) is 13.2 Å². The minimum absolute atomic E-state index is 0.0726. The second-order valence-electron chi connectivity index (χ2n) is 12.7. The zero-order valence-electron chi connectivity index (χ0n) is 32.6. The van der Waals surface area contributed by atoms with Gasteiger partial charge in [0.2, 0.25) is 15.9 Å². The number of hydrogen-bond acceptors (Lipinski definition) is 13. The van der Waals surface area contributed by atoms with Crippen LogP contribution in [0.4, 0.5) is 0 Å². The van der Waals surface area contributed by atoms with Gasteiger partial charge in [-0.1, -0.05) is 35.3 Å². The van der Waals surface area contributed by atoms with Crippen molar-refractivity contribution in [2.24, 2.45) is 0 Å². The lowest BCUT2D eigenvalue weighted by atomic mass is 9.85. The van der Waals surface area contributed by atoms with E-state index < -0.39 is 10.0 Å². The third-order valence-electron chi connectivity index (χ3n) is 8.31. The summed E-state index contributed by atoms with van der Waals surface area (Å²) in [4.78, 5) is 14.3. The van der Waals surface area contributed by atoms with Crippen LogP contribution in [0.3, 0.4) is 0 Å². The van der Waals surface area contributed by atoms with E-state index in [2.05, 4.69) is 14.9 Å². The molecule has 0 radical (unpaired) electrons. The summed E-state index contributed by atoms with van der Waals surface area (Å²) in [5.74, 6) is -0.192. The molecule has 3 rings (SSSR count). The fraction of sp³-hybridized carbons (Fsp3) is 0.658. The highest BCUT2D eigenvalue weighted by Gasteiger charge is 2.28. The van der Waals surface area contributed by atoms with Crippen molar-refractivity contribution >= 4 is 39.1 Å². The maximum atomic E-state index is 13.1. The molecule has 1 atom stereocenters. The van der Waals surface area contributed by atoms with Crippen molar-refractivity contribution < 1.29 is 55.8 Å². The summed E-state index contributed by atoms with van der Waals surface area (Å²) >= 11 is 12.8. The Labute approximate surface area is 341 Å². The first-order chi connectivity index (χ1) is 27.2. The fourth-order valence-corrected chi connectivity index (χ4v) is 7.18. The number of amides is 1. The largest absolute Gasteiger partial charge is 0.382 e. The quantitative estimate of drug-likeness (QED) is 0.101. The minimum atomic E-state index is -3.75. The number of hydrogen-bond donors (Lipinski definition) is 2. The van der Waals surface area contributed by atoms with Crippen molar-refractivity contribution in [3.05, 3.63) is 63.1 Å². The van der Waals surface area contributed by atoms with Crippen LogP contribution in [0, 0.1) is 0 Å². The Balaban J connectivity index is 1.10. The maximum Gasteiger partial charge on any atom is 0.240 e. The highest BCUT2D eigenvalue weighted by molar-refractivity contribution is 7.89. The Bertz CT molecular complexity index is 1490. The van der Waals surface area contributed by atoms with E-state index >= 15 is 0 Å². The third kappa shape index (κ3) is 20.1. The number of likely N-dealkylation sites (N-methyl/N-ethyl adjacent to an activating group) is 1. The number of carbonyl (C=O) groups excluding carboxylic acids is 1. The van der Waals surface area contributed by atoms with Crippen LogP contribution in [0.25, 0.3) is 0 Å². The van der Waals surface area contributed by atoms with Crippen molar-refractivity contribution in [3.8, 4) is 0 Å². The monoisotopic (exact) mass is 851 g/mol. The normalized spacial score (nSPS) is 14.6. The topological polar surface area (TPSA) is 162 Å². The van der Waals surface area contributed by atoms with Gasteiger partial charge in [-0.3, -0.25) is 4.79 Å². The molecule has 0 bridgehead atoms. The van der Waals surface area contributed by atoms with Gasteiger partial charge in [-0.15, -0.1) is 0 Å². The first-order valence-corrected chi connectivity index (χ1v) is 21.1. The number of methoxy groups -OCH3 is 1. The number of ether oxygens (including phenoxy) is 9. The molecule has 0 aliphatic carbocycles. The summed E-state index contributed by atoms with van der Waals surface area (Å²) < 4.78 is 77.1. The van der Waals surface area contributed by atoms with Crippen LogP contribution in [0.1, 0.15) is 29.0 Å². The van der Waals surface area contributed by atoms with E-state index in [0.717, 1.165) is 16.7 Å². The summed E-state index contributed by atoms with van der Waals surface area (Å²) in [7, 11) is -0.112.